The van der Waals surface area contributed by atoms with Crippen LogP contribution in [0.4, 0.5) is 0 Å². The molecule has 3 unspecified atom stereocenters. The van der Waals surface area contributed by atoms with Gasteiger partial charge in [-0.1, -0.05) is 13.3 Å². The maximum atomic E-state index is 11.3. The van der Waals surface area contributed by atoms with Gasteiger partial charge >= 0.3 is 5.97 Å². The van der Waals surface area contributed by atoms with Crippen LogP contribution in [0.5, 0.6) is 0 Å². The SMILES string of the molecule is COC(=O)C(CN)C1CCC(C)C1. The number of rotatable bonds is 3. The van der Waals surface area contributed by atoms with E-state index < -0.39 is 0 Å². The summed E-state index contributed by atoms with van der Waals surface area (Å²) in [4.78, 5) is 11.3. The van der Waals surface area contributed by atoms with Gasteiger partial charge in [0.2, 0.25) is 0 Å². The van der Waals surface area contributed by atoms with E-state index in [9.17, 15) is 4.79 Å². The van der Waals surface area contributed by atoms with Crippen LogP contribution in [0, 0.1) is 17.8 Å². The van der Waals surface area contributed by atoms with Gasteiger partial charge in [0.1, 0.15) is 0 Å². The maximum absolute atomic E-state index is 11.3. The standard InChI is InChI=1S/C10H19NO2/c1-7-3-4-8(5-7)9(6-11)10(12)13-2/h7-9H,3-6,11H2,1-2H3. The highest BCUT2D eigenvalue weighted by Crippen LogP contribution is 2.35. The van der Waals surface area contributed by atoms with Gasteiger partial charge in [-0.25, -0.2) is 0 Å². The van der Waals surface area contributed by atoms with E-state index in [1.807, 2.05) is 0 Å². The van der Waals surface area contributed by atoms with Crippen LogP contribution in [0.1, 0.15) is 26.2 Å². The van der Waals surface area contributed by atoms with Gasteiger partial charge in [-0.3, -0.25) is 4.79 Å². The Labute approximate surface area is 79.6 Å². The molecule has 0 aliphatic heterocycles. The minimum atomic E-state index is -0.137. The van der Waals surface area contributed by atoms with Crippen LogP contribution in [0.25, 0.3) is 0 Å². The summed E-state index contributed by atoms with van der Waals surface area (Å²) in [5.74, 6) is 0.979. The van der Waals surface area contributed by atoms with E-state index in [2.05, 4.69) is 6.92 Å². The van der Waals surface area contributed by atoms with Gasteiger partial charge in [-0.15, -0.1) is 0 Å². The Morgan fingerprint density at radius 2 is 2.31 bits per heavy atom. The van der Waals surface area contributed by atoms with Crippen LogP contribution in [0.15, 0.2) is 0 Å². The van der Waals surface area contributed by atoms with Crippen molar-refractivity contribution >= 4 is 5.97 Å². The highest BCUT2D eigenvalue weighted by atomic mass is 16.5. The second kappa shape index (κ2) is 4.61. The molecule has 0 aromatic rings. The number of ether oxygens (including phenoxy) is 1. The number of hydrogen-bond acceptors (Lipinski definition) is 3. The molecule has 0 amide bonds. The molecule has 13 heavy (non-hydrogen) atoms. The van der Waals surface area contributed by atoms with Crippen LogP contribution in [-0.2, 0) is 9.53 Å². The molecule has 0 aromatic heterocycles. The second-order valence-electron chi connectivity index (χ2n) is 4.04. The topological polar surface area (TPSA) is 52.3 Å². The third-order valence-corrected chi connectivity index (χ3v) is 3.06. The molecule has 1 aliphatic carbocycles. The molecule has 1 saturated carbocycles. The first-order valence-electron chi connectivity index (χ1n) is 4.97. The molecule has 0 spiro atoms. The summed E-state index contributed by atoms with van der Waals surface area (Å²) in [6.45, 7) is 2.65. The Morgan fingerprint density at radius 1 is 1.62 bits per heavy atom. The lowest BCUT2D eigenvalue weighted by Crippen LogP contribution is -2.30. The molecule has 1 rings (SSSR count). The zero-order valence-electron chi connectivity index (χ0n) is 8.45. The van der Waals surface area contributed by atoms with Gasteiger partial charge in [0, 0.05) is 6.54 Å². The highest BCUT2D eigenvalue weighted by Gasteiger charge is 2.32. The van der Waals surface area contributed by atoms with Crippen molar-refractivity contribution in [2.24, 2.45) is 23.5 Å². The van der Waals surface area contributed by atoms with E-state index in [1.54, 1.807) is 0 Å². The minimum Gasteiger partial charge on any atom is -0.469 e. The summed E-state index contributed by atoms with van der Waals surface area (Å²) in [6, 6.07) is 0. The van der Waals surface area contributed by atoms with Crippen molar-refractivity contribution in [1.29, 1.82) is 0 Å². The zero-order valence-corrected chi connectivity index (χ0v) is 8.45. The van der Waals surface area contributed by atoms with Crippen molar-refractivity contribution in [3.63, 3.8) is 0 Å². The number of carbonyl (C=O) groups excluding carboxylic acids is 1. The summed E-state index contributed by atoms with van der Waals surface area (Å²) < 4.78 is 4.73. The quantitative estimate of drug-likeness (QED) is 0.671. The monoisotopic (exact) mass is 185 g/mol. The number of hydrogen-bond donors (Lipinski definition) is 1. The minimum absolute atomic E-state index is 0.0741. The fourth-order valence-electron chi connectivity index (χ4n) is 2.25. The van der Waals surface area contributed by atoms with E-state index in [-0.39, 0.29) is 11.9 Å². The molecule has 76 valence electrons. The van der Waals surface area contributed by atoms with Crippen LogP contribution >= 0.6 is 0 Å². The van der Waals surface area contributed by atoms with Gasteiger partial charge in [0.15, 0.2) is 0 Å². The smallest absolute Gasteiger partial charge is 0.310 e. The van der Waals surface area contributed by atoms with Crippen molar-refractivity contribution in [2.75, 3.05) is 13.7 Å². The van der Waals surface area contributed by atoms with Crippen molar-refractivity contribution in [3.05, 3.63) is 0 Å². The first kappa shape index (κ1) is 10.5. The van der Waals surface area contributed by atoms with Crippen molar-refractivity contribution < 1.29 is 9.53 Å². The Bertz CT molecular complexity index is 182. The normalized spacial score (nSPS) is 30.1. The van der Waals surface area contributed by atoms with E-state index in [0.29, 0.717) is 12.5 Å². The Hall–Kier alpha value is -0.570. The Morgan fingerprint density at radius 3 is 2.69 bits per heavy atom. The van der Waals surface area contributed by atoms with E-state index in [0.717, 1.165) is 18.8 Å². The molecule has 3 nitrogen and oxygen atoms in total. The predicted octanol–water partition coefficient (Wildman–Crippen LogP) is 1.17. The van der Waals surface area contributed by atoms with Gasteiger partial charge in [0.25, 0.3) is 0 Å². The van der Waals surface area contributed by atoms with Gasteiger partial charge in [-0.2, -0.15) is 0 Å². The van der Waals surface area contributed by atoms with E-state index in [1.165, 1.54) is 13.5 Å². The largest absolute Gasteiger partial charge is 0.469 e. The third kappa shape index (κ3) is 2.44. The average molecular weight is 185 g/mol. The van der Waals surface area contributed by atoms with E-state index in [4.69, 9.17) is 10.5 Å². The number of methoxy groups -OCH3 is 1. The Balaban J connectivity index is 2.51. The van der Waals surface area contributed by atoms with Crippen LogP contribution in [0.3, 0.4) is 0 Å². The van der Waals surface area contributed by atoms with Crippen molar-refractivity contribution in [3.8, 4) is 0 Å². The molecule has 1 aliphatic rings. The molecule has 0 bridgehead atoms. The average Bonchev–Trinajstić information content (AvgIpc) is 2.53. The molecule has 0 aromatic carbocycles. The second-order valence-corrected chi connectivity index (χ2v) is 4.04. The number of esters is 1. The predicted molar refractivity (Wildman–Crippen MR) is 51.1 cm³/mol. The first-order chi connectivity index (χ1) is 6.19. The van der Waals surface area contributed by atoms with Crippen molar-refractivity contribution in [2.45, 2.75) is 26.2 Å². The molecule has 2 N–H and O–H groups in total. The molecular formula is C10H19NO2. The fraction of sp³-hybridized carbons (Fsp3) is 0.900. The van der Waals surface area contributed by atoms with Crippen LogP contribution < -0.4 is 5.73 Å². The zero-order chi connectivity index (χ0) is 9.84. The number of nitrogens with two attached hydrogens (primary N) is 1. The molecule has 0 saturated heterocycles. The lowest BCUT2D eigenvalue weighted by Gasteiger charge is -2.19. The maximum Gasteiger partial charge on any atom is 0.310 e. The first-order valence-corrected chi connectivity index (χ1v) is 4.97. The lowest BCUT2D eigenvalue weighted by atomic mass is 9.90. The summed E-state index contributed by atoms with van der Waals surface area (Å²) in [7, 11) is 1.43. The third-order valence-electron chi connectivity index (χ3n) is 3.06. The highest BCUT2D eigenvalue weighted by molar-refractivity contribution is 5.72. The molecule has 3 atom stereocenters. The van der Waals surface area contributed by atoms with Gasteiger partial charge in [-0.05, 0) is 24.7 Å². The van der Waals surface area contributed by atoms with Gasteiger partial charge < -0.3 is 10.5 Å². The molecule has 3 heteroatoms. The van der Waals surface area contributed by atoms with E-state index >= 15 is 0 Å². The van der Waals surface area contributed by atoms with Crippen molar-refractivity contribution in [1.82, 2.24) is 0 Å². The molecular weight excluding hydrogens is 166 g/mol. The van der Waals surface area contributed by atoms with Crippen LogP contribution in [-0.4, -0.2) is 19.6 Å². The number of carbonyl (C=O) groups is 1. The summed E-state index contributed by atoms with van der Waals surface area (Å²) >= 11 is 0. The molecule has 1 fully saturated rings. The van der Waals surface area contributed by atoms with Gasteiger partial charge in [0.05, 0.1) is 13.0 Å². The fourth-order valence-corrected chi connectivity index (χ4v) is 2.25. The summed E-state index contributed by atoms with van der Waals surface area (Å²) in [5.41, 5.74) is 5.57. The summed E-state index contributed by atoms with van der Waals surface area (Å²) in [6.07, 6.45) is 3.47. The molecule has 0 heterocycles. The summed E-state index contributed by atoms with van der Waals surface area (Å²) in [5, 5.41) is 0. The lowest BCUT2D eigenvalue weighted by molar-refractivity contribution is -0.146. The molecule has 0 radical (unpaired) electrons. The Kier molecular flexibility index (Phi) is 3.72. The van der Waals surface area contributed by atoms with Crippen LogP contribution in [0.2, 0.25) is 0 Å².